The van der Waals surface area contributed by atoms with Crippen LogP contribution in [0.15, 0.2) is 18.2 Å². The summed E-state index contributed by atoms with van der Waals surface area (Å²) in [5, 5.41) is 3.69. The van der Waals surface area contributed by atoms with E-state index < -0.39 is 0 Å². The Balaban J connectivity index is 1.55. The van der Waals surface area contributed by atoms with Gasteiger partial charge in [-0.15, -0.1) is 0 Å². The summed E-state index contributed by atoms with van der Waals surface area (Å²) < 4.78 is 11.1. The second-order valence-electron chi connectivity index (χ2n) is 5.60. The Bertz CT molecular complexity index is 440. The molecular weight excluding hydrogens is 238 g/mol. The van der Waals surface area contributed by atoms with Crippen LogP contribution in [0.3, 0.4) is 0 Å². The molecule has 0 saturated heterocycles. The van der Waals surface area contributed by atoms with Crippen LogP contribution in [0.4, 0.5) is 0 Å². The van der Waals surface area contributed by atoms with Crippen molar-refractivity contribution < 1.29 is 9.47 Å². The van der Waals surface area contributed by atoms with Gasteiger partial charge >= 0.3 is 0 Å². The number of rotatable bonds is 5. The first-order valence-electron chi connectivity index (χ1n) is 7.39. The van der Waals surface area contributed by atoms with E-state index in [4.69, 9.17) is 9.47 Å². The highest BCUT2D eigenvalue weighted by atomic mass is 16.5. The minimum Gasteiger partial charge on any atom is -0.493 e. The molecule has 104 valence electrons. The Hall–Kier alpha value is -1.06. The van der Waals surface area contributed by atoms with Crippen LogP contribution in [0.1, 0.15) is 43.9 Å². The lowest BCUT2D eigenvalue weighted by atomic mass is 9.88. The molecule has 1 aromatic carbocycles. The first-order chi connectivity index (χ1) is 9.26. The quantitative estimate of drug-likeness (QED) is 0.884. The van der Waals surface area contributed by atoms with Gasteiger partial charge in [0.2, 0.25) is 0 Å². The van der Waals surface area contributed by atoms with Gasteiger partial charge in [0.15, 0.2) is 0 Å². The molecule has 1 aliphatic heterocycles. The molecule has 0 spiro atoms. The van der Waals surface area contributed by atoms with Gasteiger partial charge in [0, 0.05) is 25.1 Å². The van der Waals surface area contributed by atoms with E-state index in [-0.39, 0.29) is 0 Å². The smallest absolute Gasteiger partial charge is 0.122 e. The number of fused-ring (bicyclic) bond motifs is 1. The zero-order valence-electron chi connectivity index (χ0n) is 11.8. The molecule has 0 bridgehead atoms. The highest BCUT2D eigenvalue weighted by Gasteiger charge is 2.30. The summed E-state index contributed by atoms with van der Waals surface area (Å²) in [5.74, 6) is 1.07. The minimum absolute atomic E-state index is 0.401. The number of benzene rings is 1. The van der Waals surface area contributed by atoms with Crippen LogP contribution < -0.4 is 10.1 Å². The molecule has 1 saturated carbocycles. The van der Waals surface area contributed by atoms with Crippen molar-refractivity contribution in [2.24, 2.45) is 0 Å². The first kappa shape index (κ1) is 12.9. The van der Waals surface area contributed by atoms with Gasteiger partial charge in [0.05, 0.1) is 12.7 Å². The highest BCUT2D eigenvalue weighted by Crippen LogP contribution is 2.30. The zero-order valence-corrected chi connectivity index (χ0v) is 11.8. The van der Waals surface area contributed by atoms with Gasteiger partial charge in [-0.2, -0.15) is 0 Å². The van der Waals surface area contributed by atoms with E-state index in [1.54, 1.807) is 0 Å². The van der Waals surface area contributed by atoms with E-state index >= 15 is 0 Å². The van der Waals surface area contributed by atoms with Crippen molar-refractivity contribution in [3.63, 3.8) is 0 Å². The third-order valence-electron chi connectivity index (χ3n) is 4.20. The number of hydrogen-bond acceptors (Lipinski definition) is 3. The summed E-state index contributed by atoms with van der Waals surface area (Å²) in [7, 11) is 0. The van der Waals surface area contributed by atoms with Gasteiger partial charge in [-0.05, 0) is 43.9 Å². The molecule has 1 fully saturated rings. The molecule has 1 N–H and O–H groups in total. The van der Waals surface area contributed by atoms with Gasteiger partial charge in [0.25, 0.3) is 0 Å². The van der Waals surface area contributed by atoms with Crippen LogP contribution in [-0.2, 0) is 11.2 Å². The van der Waals surface area contributed by atoms with Gasteiger partial charge < -0.3 is 14.8 Å². The Morgan fingerprint density at radius 2 is 2.26 bits per heavy atom. The van der Waals surface area contributed by atoms with E-state index in [1.165, 1.54) is 11.1 Å². The van der Waals surface area contributed by atoms with E-state index in [0.29, 0.717) is 18.2 Å². The Kier molecular flexibility index (Phi) is 3.76. The second kappa shape index (κ2) is 5.51. The topological polar surface area (TPSA) is 30.5 Å². The molecule has 0 radical (unpaired) electrons. The number of nitrogens with one attached hydrogen (secondary N) is 1. The van der Waals surface area contributed by atoms with Gasteiger partial charge in [-0.1, -0.05) is 12.1 Å². The van der Waals surface area contributed by atoms with E-state index in [9.17, 15) is 0 Å². The third kappa shape index (κ3) is 2.77. The second-order valence-corrected chi connectivity index (χ2v) is 5.60. The van der Waals surface area contributed by atoms with Crippen molar-refractivity contribution in [2.45, 2.75) is 51.3 Å². The Morgan fingerprint density at radius 3 is 3.05 bits per heavy atom. The van der Waals surface area contributed by atoms with E-state index in [1.807, 2.05) is 0 Å². The van der Waals surface area contributed by atoms with Gasteiger partial charge in [0.1, 0.15) is 5.75 Å². The SMILES string of the molecule is CCOC1CC(NC(C)c2ccc3c(c2)CCO3)C1. The summed E-state index contributed by atoms with van der Waals surface area (Å²) in [5.41, 5.74) is 2.72. The fourth-order valence-corrected chi connectivity index (χ4v) is 3.00. The van der Waals surface area contributed by atoms with E-state index in [2.05, 4.69) is 37.4 Å². The standard InChI is InChI=1S/C16H23NO2/c1-3-18-15-9-14(10-15)17-11(2)12-4-5-16-13(8-12)6-7-19-16/h4-5,8,11,14-15,17H,3,6-7,9-10H2,1-2H3. The minimum atomic E-state index is 0.401. The van der Waals surface area contributed by atoms with Crippen molar-refractivity contribution in [3.8, 4) is 5.75 Å². The molecule has 1 aromatic rings. The molecule has 3 nitrogen and oxygen atoms in total. The number of hydrogen-bond donors (Lipinski definition) is 1. The first-order valence-corrected chi connectivity index (χ1v) is 7.39. The molecular formula is C16H23NO2. The normalized spacial score (nSPS) is 26.4. The fraction of sp³-hybridized carbons (Fsp3) is 0.625. The average molecular weight is 261 g/mol. The Labute approximate surface area is 115 Å². The Morgan fingerprint density at radius 1 is 1.42 bits per heavy atom. The molecule has 1 heterocycles. The van der Waals surface area contributed by atoms with Crippen LogP contribution >= 0.6 is 0 Å². The predicted octanol–water partition coefficient (Wildman–Crippen LogP) is 2.84. The summed E-state index contributed by atoms with van der Waals surface area (Å²) in [6.45, 7) is 5.97. The van der Waals surface area contributed by atoms with Crippen LogP contribution in [-0.4, -0.2) is 25.4 Å². The average Bonchev–Trinajstić information content (AvgIpc) is 2.83. The highest BCUT2D eigenvalue weighted by molar-refractivity contribution is 5.40. The summed E-state index contributed by atoms with van der Waals surface area (Å²) >= 11 is 0. The van der Waals surface area contributed by atoms with Crippen LogP contribution in [0.2, 0.25) is 0 Å². The van der Waals surface area contributed by atoms with Gasteiger partial charge in [-0.25, -0.2) is 0 Å². The van der Waals surface area contributed by atoms with Crippen LogP contribution in [0.25, 0.3) is 0 Å². The maximum absolute atomic E-state index is 5.60. The largest absolute Gasteiger partial charge is 0.493 e. The van der Waals surface area contributed by atoms with Crippen molar-refractivity contribution in [1.29, 1.82) is 0 Å². The van der Waals surface area contributed by atoms with Crippen molar-refractivity contribution in [3.05, 3.63) is 29.3 Å². The lowest BCUT2D eigenvalue weighted by molar-refractivity contribution is -0.0120. The van der Waals surface area contributed by atoms with Gasteiger partial charge in [-0.3, -0.25) is 0 Å². The number of ether oxygens (including phenoxy) is 2. The monoisotopic (exact) mass is 261 g/mol. The molecule has 0 amide bonds. The summed E-state index contributed by atoms with van der Waals surface area (Å²) in [6.07, 6.45) is 3.81. The molecule has 2 aliphatic rings. The fourth-order valence-electron chi connectivity index (χ4n) is 3.00. The van der Waals surface area contributed by atoms with Crippen molar-refractivity contribution >= 4 is 0 Å². The lowest BCUT2D eigenvalue weighted by Gasteiger charge is -2.37. The molecule has 0 aromatic heterocycles. The zero-order chi connectivity index (χ0) is 13.2. The van der Waals surface area contributed by atoms with Crippen LogP contribution in [0.5, 0.6) is 5.75 Å². The molecule has 1 atom stereocenters. The molecule has 3 rings (SSSR count). The van der Waals surface area contributed by atoms with Crippen LogP contribution in [0, 0.1) is 0 Å². The maximum atomic E-state index is 5.60. The predicted molar refractivity (Wildman–Crippen MR) is 75.6 cm³/mol. The summed E-state index contributed by atoms with van der Waals surface area (Å²) in [6, 6.07) is 7.59. The molecule has 19 heavy (non-hydrogen) atoms. The lowest BCUT2D eigenvalue weighted by Crippen LogP contribution is -2.46. The molecule has 3 heteroatoms. The third-order valence-corrected chi connectivity index (χ3v) is 4.20. The summed E-state index contributed by atoms with van der Waals surface area (Å²) in [4.78, 5) is 0. The molecule has 1 aliphatic carbocycles. The molecule has 1 unspecified atom stereocenters. The van der Waals surface area contributed by atoms with Crippen molar-refractivity contribution in [1.82, 2.24) is 5.32 Å². The van der Waals surface area contributed by atoms with Crippen molar-refractivity contribution in [2.75, 3.05) is 13.2 Å². The van der Waals surface area contributed by atoms with E-state index in [0.717, 1.165) is 38.2 Å². The maximum Gasteiger partial charge on any atom is 0.122 e.